The van der Waals surface area contributed by atoms with Crippen LogP contribution in [0.4, 0.5) is 0 Å². The molecule has 0 saturated heterocycles. The van der Waals surface area contributed by atoms with Crippen LogP contribution in [0.15, 0.2) is 50.2 Å². The highest BCUT2D eigenvalue weighted by Gasteiger charge is 2.12. The van der Waals surface area contributed by atoms with Gasteiger partial charge in [-0.1, -0.05) is 37.3 Å². The van der Waals surface area contributed by atoms with Crippen molar-refractivity contribution in [1.29, 1.82) is 0 Å². The second-order valence-corrected chi connectivity index (χ2v) is 4.65. The Morgan fingerprint density at radius 2 is 1.95 bits per heavy atom. The molecular formula is C15H15N3O3. The molecule has 0 saturated carbocycles. The fourth-order valence-corrected chi connectivity index (χ4v) is 2.01. The Bertz CT molecular complexity index is 771. The van der Waals surface area contributed by atoms with Crippen molar-refractivity contribution in [2.24, 2.45) is 0 Å². The molecular weight excluding hydrogens is 270 g/mol. The largest absolute Gasteiger partial charge is 0.439 e. The van der Waals surface area contributed by atoms with Crippen molar-refractivity contribution < 1.29 is 8.83 Å². The molecule has 3 rings (SSSR count). The molecule has 0 aliphatic carbocycles. The van der Waals surface area contributed by atoms with E-state index in [0.717, 1.165) is 12.0 Å². The van der Waals surface area contributed by atoms with Gasteiger partial charge < -0.3 is 8.83 Å². The molecule has 0 N–H and O–H groups in total. The summed E-state index contributed by atoms with van der Waals surface area (Å²) in [5.74, 6) is 1.04. The van der Waals surface area contributed by atoms with E-state index in [1.165, 1.54) is 4.68 Å². The summed E-state index contributed by atoms with van der Waals surface area (Å²) < 4.78 is 11.9. The van der Waals surface area contributed by atoms with Crippen LogP contribution in [0.5, 0.6) is 0 Å². The lowest BCUT2D eigenvalue weighted by molar-refractivity contribution is 0.431. The average Bonchev–Trinajstić information content (AvgIpc) is 3.09. The van der Waals surface area contributed by atoms with Crippen LogP contribution in [0, 0.1) is 0 Å². The van der Waals surface area contributed by atoms with Gasteiger partial charge in [0.05, 0.1) is 6.20 Å². The number of oxazole rings is 1. The Morgan fingerprint density at radius 1 is 1.14 bits per heavy atom. The summed E-state index contributed by atoms with van der Waals surface area (Å²) >= 11 is 0. The van der Waals surface area contributed by atoms with Crippen LogP contribution in [0.1, 0.15) is 25.1 Å². The van der Waals surface area contributed by atoms with Crippen molar-refractivity contribution in [2.45, 2.75) is 26.3 Å². The molecule has 0 spiro atoms. The van der Waals surface area contributed by atoms with Gasteiger partial charge >= 0.3 is 5.76 Å². The molecule has 0 atom stereocenters. The molecule has 0 amide bonds. The molecule has 108 valence electrons. The third-order valence-corrected chi connectivity index (χ3v) is 3.01. The van der Waals surface area contributed by atoms with E-state index in [4.69, 9.17) is 8.83 Å². The molecule has 0 fully saturated rings. The SMILES string of the molecule is CCCc1nn(Cc2ncc(-c3ccccc3)o2)c(=O)o1. The van der Waals surface area contributed by atoms with E-state index < -0.39 is 5.76 Å². The number of hydrogen-bond acceptors (Lipinski definition) is 5. The second-order valence-electron chi connectivity index (χ2n) is 4.65. The van der Waals surface area contributed by atoms with E-state index >= 15 is 0 Å². The molecule has 6 heteroatoms. The Kier molecular flexibility index (Phi) is 3.68. The maximum absolute atomic E-state index is 11.7. The topological polar surface area (TPSA) is 74.1 Å². The Labute approximate surface area is 121 Å². The normalized spacial score (nSPS) is 10.9. The van der Waals surface area contributed by atoms with Crippen LogP contribution >= 0.6 is 0 Å². The van der Waals surface area contributed by atoms with E-state index in [2.05, 4.69) is 10.1 Å². The number of nitrogens with zero attached hydrogens (tertiary/aromatic N) is 3. The van der Waals surface area contributed by atoms with Gasteiger partial charge in [0, 0.05) is 12.0 Å². The number of hydrogen-bond donors (Lipinski definition) is 0. The van der Waals surface area contributed by atoms with E-state index in [1.807, 2.05) is 37.3 Å². The van der Waals surface area contributed by atoms with E-state index in [0.29, 0.717) is 24.0 Å². The molecule has 0 aliphatic heterocycles. The minimum Gasteiger partial charge on any atom is -0.439 e. The fourth-order valence-electron chi connectivity index (χ4n) is 2.01. The van der Waals surface area contributed by atoms with Crippen LogP contribution in [0.25, 0.3) is 11.3 Å². The second kappa shape index (κ2) is 5.78. The Morgan fingerprint density at radius 3 is 2.71 bits per heavy atom. The van der Waals surface area contributed by atoms with Crippen LogP contribution in [-0.2, 0) is 13.0 Å². The predicted molar refractivity (Wildman–Crippen MR) is 75.8 cm³/mol. The third kappa shape index (κ3) is 2.94. The zero-order chi connectivity index (χ0) is 14.7. The summed E-state index contributed by atoms with van der Waals surface area (Å²) in [6.45, 7) is 2.16. The van der Waals surface area contributed by atoms with Gasteiger partial charge in [-0.15, -0.1) is 5.10 Å². The number of aromatic nitrogens is 3. The van der Waals surface area contributed by atoms with Crippen molar-refractivity contribution >= 4 is 0 Å². The van der Waals surface area contributed by atoms with Gasteiger partial charge in [-0.3, -0.25) is 0 Å². The van der Waals surface area contributed by atoms with Gasteiger partial charge in [0.2, 0.25) is 11.8 Å². The lowest BCUT2D eigenvalue weighted by atomic mass is 10.2. The molecule has 0 aliphatic rings. The quantitative estimate of drug-likeness (QED) is 0.720. The lowest BCUT2D eigenvalue weighted by Crippen LogP contribution is -2.16. The van der Waals surface area contributed by atoms with Gasteiger partial charge in [-0.2, -0.15) is 4.68 Å². The summed E-state index contributed by atoms with van der Waals surface area (Å²) in [5.41, 5.74) is 0.940. The number of benzene rings is 1. The third-order valence-electron chi connectivity index (χ3n) is 3.01. The maximum atomic E-state index is 11.7. The highest BCUT2D eigenvalue weighted by Crippen LogP contribution is 2.19. The molecule has 0 radical (unpaired) electrons. The lowest BCUT2D eigenvalue weighted by Gasteiger charge is -1.95. The molecule has 21 heavy (non-hydrogen) atoms. The summed E-state index contributed by atoms with van der Waals surface area (Å²) in [6.07, 6.45) is 3.16. The van der Waals surface area contributed by atoms with Crippen LogP contribution < -0.4 is 5.76 Å². The van der Waals surface area contributed by atoms with E-state index in [1.54, 1.807) is 6.20 Å². The van der Waals surface area contributed by atoms with Gasteiger partial charge in [0.15, 0.2) is 5.76 Å². The number of aryl methyl sites for hydroxylation is 1. The summed E-state index contributed by atoms with van der Waals surface area (Å²) in [6, 6.07) is 9.66. The summed E-state index contributed by atoms with van der Waals surface area (Å²) in [7, 11) is 0. The fraction of sp³-hybridized carbons (Fsp3) is 0.267. The molecule has 0 bridgehead atoms. The predicted octanol–water partition coefficient (Wildman–Crippen LogP) is 2.49. The first kappa shape index (κ1) is 13.4. The smallest absolute Gasteiger partial charge is 0.437 e. The first-order valence-corrected chi connectivity index (χ1v) is 6.83. The zero-order valence-electron chi connectivity index (χ0n) is 11.7. The van der Waals surface area contributed by atoms with Gasteiger partial charge in [-0.25, -0.2) is 9.78 Å². The molecule has 3 aromatic rings. The zero-order valence-corrected chi connectivity index (χ0v) is 11.7. The Balaban J connectivity index is 1.80. The van der Waals surface area contributed by atoms with Crippen LogP contribution in [0.3, 0.4) is 0 Å². The van der Waals surface area contributed by atoms with Crippen molar-refractivity contribution in [3.8, 4) is 11.3 Å². The van der Waals surface area contributed by atoms with Gasteiger partial charge in [-0.05, 0) is 6.42 Å². The molecule has 1 aromatic carbocycles. The van der Waals surface area contributed by atoms with Crippen molar-refractivity contribution in [2.75, 3.05) is 0 Å². The monoisotopic (exact) mass is 285 g/mol. The minimum absolute atomic E-state index is 0.166. The first-order chi connectivity index (χ1) is 10.3. The Hall–Kier alpha value is -2.63. The van der Waals surface area contributed by atoms with Crippen LogP contribution in [-0.4, -0.2) is 14.8 Å². The van der Waals surface area contributed by atoms with Crippen molar-refractivity contribution in [3.63, 3.8) is 0 Å². The van der Waals surface area contributed by atoms with Gasteiger partial charge in [0.1, 0.15) is 6.54 Å². The highest BCUT2D eigenvalue weighted by molar-refractivity contribution is 5.55. The standard InChI is InChI=1S/C15H15N3O3/c1-2-6-13-17-18(15(19)21-13)10-14-16-9-12(20-14)11-7-4-3-5-8-11/h3-5,7-9H,2,6,10H2,1H3. The van der Waals surface area contributed by atoms with E-state index in [9.17, 15) is 4.79 Å². The molecule has 0 unspecified atom stereocenters. The average molecular weight is 285 g/mol. The van der Waals surface area contributed by atoms with Gasteiger partial charge in [0.25, 0.3) is 0 Å². The van der Waals surface area contributed by atoms with E-state index in [-0.39, 0.29) is 6.54 Å². The minimum atomic E-state index is -0.488. The molecule has 2 heterocycles. The molecule has 2 aromatic heterocycles. The molecule has 6 nitrogen and oxygen atoms in total. The highest BCUT2D eigenvalue weighted by atomic mass is 16.4. The van der Waals surface area contributed by atoms with Crippen molar-refractivity contribution in [1.82, 2.24) is 14.8 Å². The maximum Gasteiger partial charge on any atom is 0.437 e. The first-order valence-electron chi connectivity index (χ1n) is 6.83. The number of rotatable bonds is 5. The van der Waals surface area contributed by atoms with Crippen molar-refractivity contribution in [3.05, 3.63) is 58.9 Å². The summed E-state index contributed by atoms with van der Waals surface area (Å²) in [4.78, 5) is 15.8. The van der Waals surface area contributed by atoms with Crippen LogP contribution in [0.2, 0.25) is 0 Å². The summed E-state index contributed by atoms with van der Waals surface area (Å²) in [5, 5.41) is 4.11.